The number of terminal acetylenes is 1. The molecule has 1 aromatic carbocycles. The van der Waals surface area contributed by atoms with E-state index in [1.807, 2.05) is 0 Å². The molecule has 1 aliphatic heterocycles. The van der Waals surface area contributed by atoms with Gasteiger partial charge in [0.25, 0.3) is 0 Å². The first-order valence-corrected chi connectivity index (χ1v) is 13.0. The van der Waals surface area contributed by atoms with Crippen molar-refractivity contribution in [2.45, 2.75) is 62.1 Å². The summed E-state index contributed by atoms with van der Waals surface area (Å²) in [6.07, 6.45) is -3.00. The lowest BCUT2D eigenvalue weighted by atomic mass is 9.97. The van der Waals surface area contributed by atoms with Crippen LogP contribution < -0.4 is 14.8 Å². The van der Waals surface area contributed by atoms with E-state index in [9.17, 15) is 28.7 Å². The van der Waals surface area contributed by atoms with E-state index in [2.05, 4.69) is 16.0 Å². The maximum atomic E-state index is 13.8. The predicted octanol–water partition coefficient (Wildman–Crippen LogP) is 1.44. The Kier molecular flexibility index (Phi) is 11.0. The van der Waals surface area contributed by atoms with Crippen LogP contribution in [-0.4, -0.2) is 73.9 Å². The van der Waals surface area contributed by atoms with Gasteiger partial charge in [-0.25, -0.2) is 0 Å². The van der Waals surface area contributed by atoms with Crippen molar-refractivity contribution in [2.24, 2.45) is 0 Å². The number of halogens is 2. The number of aliphatic hydroxyl groups excluding tert-OH is 3. The summed E-state index contributed by atoms with van der Waals surface area (Å²) in [5.41, 5.74) is -3.78. The summed E-state index contributed by atoms with van der Waals surface area (Å²) in [5.74, 6) is 3.40. The van der Waals surface area contributed by atoms with E-state index in [1.54, 1.807) is 12.1 Å². The zero-order chi connectivity index (χ0) is 25.4. The average Bonchev–Trinajstić information content (AvgIpc) is 2.77. The standard InChI is InChI=1S/C20H29F2N2O8PS/c1-2-3-4-5-10-23-12-34-24-13-6-8-14(9-7-13)31-19-18(27)17(26)16(25)15(32-19)11-20(21,22)33(28,29)30/h1,6-9,15-19,23-27H,3-5,10-12H2,(H2,28,29,30)/t15-,16-,17+,18+,19+/m1/s1. The molecule has 14 heteroatoms. The van der Waals surface area contributed by atoms with Crippen molar-refractivity contribution < 1.29 is 47.9 Å². The number of unbranched alkanes of at least 4 members (excludes halogenated alkanes) is 2. The molecule has 1 saturated heterocycles. The van der Waals surface area contributed by atoms with Gasteiger partial charge in [0, 0.05) is 12.1 Å². The SMILES string of the molecule is C#CCCCCNCSNc1ccc(O[C@H]2O[C@H](CC(F)(F)P(=O)(O)O)[C@@H](O)[C@H](O)[C@@H]2O)cc1. The van der Waals surface area contributed by atoms with Gasteiger partial charge in [0.15, 0.2) is 0 Å². The van der Waals surface area contributed by atoms with Gasteiger partial charge >= 0.3 is 13.3 Å². The van der Waals surface area contributed by atoms with Crippen LogP contribution in [0, 0.1) is 12.3 Å². The van der Waals surface area contributed by atoms with Crippen molar-refractivity contribution in [2.75, 3.05) is 17.1 Å². The average molecular weight is 526 g/mol. The summed E-state index contributed by atoms with van der Waals surface area (Å²) < 4.78 is 52.2. The molecule has 2 rings (SSSR count). The van der Waals surface area contributed by atoms with Crippen LogP contribution in [0.1, 0.15) is 25.7 Å². The highest BCUT2D eigenvalue weighted by Gasteiger charge is 2.55. The number of alkyl halides is 2. The summed E-state index contributed by atoms with van der Waals surface area (Å²) in [6.45, 7) is 0.842. The molecule has 0 radical (unpaired) electrons. The summed E-state index contributed by atoms with van der Waals surface area (Å²) in [7, 11) is -5.84. The molecule has 7 N–H and O–H groups in total. The molecule has 0 aromatic heterocycles. The maximum Gasteiger partial charge on any atom is 0.394 e. The fraction of sp³-hybridized carbons (Fsp3) is 0.600. The van der Waals surface area contributed by atoms with Crippen molar-refractivity contribution in [3.05, 3.63) is 24.3 Å². The maximum absolute atomic E-state index is 13.8. The molecular weight excluding hydrogens is 497 g/mol. The van der Waals surface area contributed by atoms with Crippen LogP contribution in [0.5, 0.6) is 5.75 Å². The van der Waals surface area contributed by atoms with Gasteiger partial charge in [-0.3, -0.25) is 4.57 Å². The summed E-state index contributed by atoms with van der Waals surface area (Å²) in [6, 6.07) is 6.30. The Morgan fingerprint density at radius 1 is 1.15 bits per heavy atom. The van der Waals surface area contributed by atoms with Gasteiger partial charge in [0.1, 0.15) is 24.1 Å². The number of hydrogen-bond donors (Lipinski definition) is 7. The van der Waals surface area contributed by atoms with E-state index in [0.717, 1.165) is 31.5 Å². The Morgan fingerprint density at radius 2 is 1.82 bits per heavy atom. The zero-order valence-corrected chi connectivity index (χ0v) is 19.8. The van der Waals surface area contributed by atoms with Crippen LogP contribution >= 0.6 is 19.5 Å². The van der Waals surface area contributed by atoms with Gasteiger partial charge in [-0.15, -0.1) is 12.3 Å². The molecule has 5 atom stereocenters. The van der Waals surface area contributed by atoms with E-state index in [0.29, 0.717) is 5.88 Å². The van der Waals surface area contributed by atoms with E-state index >= 15 is 0 Å². The third-order valence-electron chi connectivity index (χ3n) is 4.94. The van der Waals surface area contributed by atoms with Crippen molar-refractivity contribution in [1.29, 1.82) is 0 Å². The number of hydrogen-bond acceptors (Lipinski definition) is 9. The van der Waals surface area contributed by atoms with Crippen molar-refractivity contribution in [3.63, 3.8) is 0 Å². The number of anilines is 1. The van der Waals surface area contributed by atoms with Gasteiger partial charge < -0.3 is 44.6 Å². The minimum atomic E-state index is -5.84. The summed E-state index contributed by atoms with van der Waals surface area (Å²) >= 11 is 1.42. The second-order valence-corrected chi connectivity index (χ2v) is 10.1. The molecule has 0 spiro atoms. The molecule has 0 unspecified atom stereocenters. The quantitative estimate of drug-likeness (QED) is 0.0655. The molecule has 10 nitrogen and oxygen atoms in total. The minimum Gasteiger partial charge on any atom is -0.462 e. The third-order valence-corrected chi connectivity index (χ3v) is 6.70. The fourth-order valence-corrected chi connectivity index (χ4v) is 4.04. The van der Waals surface area contributed by atoms with Crippen LogP contribution in [0.2, 0.25) is 0 Å². The van der Waals surface area contributed by atoms with Crippen molar-refractivity contribution in [3.8, 4) is 18.1 Å². The molecule has 0 aliphatic carbocycles. The largest absolute Gasteiger partial charge is 0.462 e. The monoisotopic (exact) mass is 526 g/mol. The van der Waals surface area contributed by atoms with Crippen LogP contribution in [0.25, 0.3) is 0 Å². The molecule has 1 heterocycles. The molecule has 1 aromatic rings. The van der Waals surface area contributed by atoms with Gasteiger partial charge in [0.05, 0.1) is 18.4 Å². The predicted molar refractivity (Wildman–Crippen MR) is 122 cm³/mol. The van der Waals surface area contributed by atoms with Crippen LogP contribution in [0.15, 0.2) is 24.3 Å². The van der Waals surface area contributed by atoms with E-state index in [1.165, 1.54) is 24.1 Å². The Hall–Kier alpha value is -1.46. The highest BCUT2D eigenvalue weighted by atomic mass is 32.2. The van der Waals surface area contributed by atoms with Gasteiger partial charge in [0.2, 0.25) is 6.29 Å². The van der Waals surface area contributed by atoms with Crippen LogP contribution in [0.3, 0.4) is 0 Å². The number of nitrogens with one attached hydrogen (secondary N) is 2. The molecule has 0 bridgehead atoms. The molecule has 0 amide bonds. The Morgan fingerprint density at radius 3 is 2.44 bits per heavy atom. The Labute approximate surface area is 200 Å². The van der Waals surface area contributed by atoms with Gasteiger partial charge in [-0.1, -0.05) is 0 Å². The fourth-order valence-electron chi connectivity index (χ4n) is 3.00. The topological polar surface area (TPSA) is 161 Å². The zero-order valence-electron chi connectivity index (χ0n) is 18.1. The third kappa shape index (κ3) is 8.34. The lowest BCUT2D eigenvalue weighted by Crippen LogP contribution is -2.60. The molecular formula is C20H29F2N2O8PS. The lowest BCUT2D eigenvalue weighted by Gasteiger charge is -2.41. The molecule has 1 fully saturated rings. The number of benzene rings is 1. The molecule has 0 saturated carbocycles. The first-order valence-electron chi connectivity index (χ1n) is 10.4. The van der Waals surface area contributed by atoms with Crippen LogP contribution in [-0.2, 0) is 9.30 Å². The smallest absolute Gasteiger partial charge is 0.394 e. The lowest BCUT2D eigenvalue weighted by molar-refractivity contribution is -0.279. The molecule has 1 aliphatic rings. The highest BCUT2D eigenvalue weighted by molar-refractivity contribution is 8.00. The summed E-state index contributed by atoms with van der Waals surface area (Å²) in [5, 5.41) is 33.3. The number of ether oxygens (including phenoxy) is 2. The first-order chi connectivity index (χ1) is 16.0. The van der Waals surface area contributed by atoms with E-state index in [4.69, 9.17) is 25.7 Å². The first kappa shape index (κ1) is 28.8. The Bertz CT molecular complexity index is 854. The van der Waals surface area contributed by atoms with Gasteiger partial charge in [-0.2, -0.15) is 8.78 Å². The normalized spacial score (nSPS) is 25.5. The minimum absolute atomic E-state index is 0.162. The van der Waals surface area contributed by atoms with E-state index < -0.39 is 50.4 Å². The van der Waals surface area contributed by atoms with Crippen molar-refractivity contribution in [1.82, 2.24) is 5.32 Å². The highest BCUT2D eigenvalue weighted by Crippen LogP contribution is 2.55. The summed E-state index contributed by atoms with van der Waals surface area (Å²) in [4.78, 5) is 17.6. The number of rotatable bonds is 13. The number of aliphatic hydroxyl groups is 3. The second-order valence-electron chi connectivity index (χ2n) is 7.62. The molecule has 192 valence electrons. The molecule has 34 heavy (non-hydrogen) atoms. The van der Waals surface area contributed by atoms with Gasteiger partial charge in [-0.05, 0) is 55.6 Å². The Balaban J connectivity index is 1.87. The second kappa shape index (κ2) is 13.0. The van der Waals surface area contributed by atoms with Crippen molar-refractivity contribution >= 4 is 25.2 Å². The van der Waals surface area contributed by atoms with Crippen LogP contribution in [0.4, 0.5) is 14.5 Å². The van der Waals surface area contributed by atoms with E-state index in [-0.39, 0.29) is 5.75 Å².